The van der Waals surface area contributed by atoms with Gasteiger partial charge in [0.25, 0.3) is 0 Å². The van der Waals surface area contributed by atoms with Crippen molar-refractivity contribution in [2.24, 2.45) is 5.92 Å². The number of benzene rings is 1. The maximum absolute atomic E-state index is 12.0. The molecule has 2 rings (SSSR count). The van der Waals surface area contributed by atoms with E-state index in [-0.39, 0.29) is 18.6 Å². The molecule has 1 aliphatic carbocycles. The van der Waals surface area contributed by atoms with Gasteiger partial charge in [0.2, 0.25) is 5.91 Å². The van der Waals surface area contributed by atoms with Gasteiger partial charge in [-0.3, -0.25) is 4.79 Å². The number of rotatable bonds is 7. The number of aliphatic hydroxyl groups is 1. The van der Waals surface area contributed by atoms with Crippen LogP contribution in [-0.2, 0) is 11.2 Å². The molecule has 0 radical (unpaired) electrons. The van der Waals surface area contributed by atoms with E-state index in [4.69, 9.17) is 0 Å². The zero-order valence-corrected chi connectivity index (χ0v) is 12.8. The number of amides is 1. The predicted octanol–water partition coefficient (Wildman–Crippen LogP) is 3.07. The van der Waals surface area contributed by atoms with Gasteiger partial charge in [-0.15, -0.1) is 0 Å². The van der Waals surface area contributed by atoms with E-state index < -0.39 is 0 Å². The van der Waals surface area contributed by atoms with E-state index in [0.717, 1.165) is 17.9 Å². The summed E-state index contributed by atoms with van der Waals surface area (Å²) in [6.45, 7) is -0.00986. The Bertz CT molecular complexity index is 412. The van der Waals surface area contributed by atoms with Crippen molar-refractivity contribution >= 4 is 5.91 Å². The number of hydrogen-bond donors (Lipinski definition) is 2. The van der Waals surface area contributed by atoms with Crippen LogP contribution >= 0.6 is 0 Å². The minimum absolute atomic E-state index is 0.00986. The van der Waals surface area contributed by atoms with Gasteiger partial charge in [0, 0.05) is 6.42 Å². The molecule has 0 aliphatic heterocycles. The highest BCUT2D eigenvalue weighted by Crippen LogP contribution is 2.27. The summed E-state index contributed by atoms with van der Waals surface area (Å²) in [4.78, 5) is 12.0. The Morgan fingerprint density at radius 2 is 1.90 bits per heavy atom. The fraction of sp³-hybridized carbons (Fsp3) is 0.611. The van der Waals surface area contributed by atoms with Crippen molar-refractivity contribution < 1.29 is 9.90 Å². The standard InChI is InChI=1S/C18H27NO2/c20-14-17(13-16-9-5-2-6-10-16)19-18(21)12-11-15-7-3-1-4-8-15/h2,5-6,9-10,15,17,20H,1,3-4,7-8,11-14H2,(H,19,21)/t17-/m1/s1. The highest BCUT2D eigenvalue weighted by atomic mass is 16.3. The van der Waals surface area contributed by atoms with Crippen LogP contribution in [0, 0.1) is 5.92 Å². The fourth-order valence-electron chi connectivity index (χ4n) is 3.17. The topological polar surface area (TPSA) is 49.3 Å². The van der Waals surface area contributed by atoms with Gasteiger partial charge in [0.1, 0.15) is 0 Å². The van der Waals surface area contributed by atoms with Gasteiger partial charge in [-0.05, 0) is 24.3 Å². The number of aliphatic hydroxyl groups excluding tert-OH is 1. The molecule has 2 N–H and O–H groups in total. The van der Waals surface area contributed by atoms with E-state index in [1.54, 1.807) is 0 Å². The Balaban J connectivity index is 1.71. The van der Waals surface area contributed by atoms with E-state index in [1.165, 1.54) is 32.1 Å². The highest BCUT2D eigenvalue weighted by Gasteiger charge is 2.16. The van der Waals surface area contributed by atoms with Crippen molar-refractivity contribution in [3.05, 3.63) is 35.9 Å². The van der Waals surface area contributed by atoms with Gasteiger partial charge in [-0.2, -0.15) is 0 Å². The average Bonchev–Trinajstić information content (AvgIpc) is 2.54. The Labute approximate surface area is 127 Å². The summed E-state index contributed by atoms with van der Waals surface area (Å²) in [6, 6.07) is 9.81. The van der Waals surface area contributed by atoms with E-state index in [0.29, 0.717) is 12.8 Å². The first-order valence-corrected chi connectivity index (χ1v) is 8.22. The number of nitrogens with one attached hydrogen (secondary N) is 1. The van der Waals surface area contributed by atoms with E-state index in [1.807, 2.05) is 30.3 Å². The molecule has 1 amide bonds. The first kappa shape index (κ1) is 16.0. The molecule has 3 nitrogen and oxygen atoms in total. The Morgan fingerprint density at radius 1 is 1.19 bits per heavy atom. The molecular weight excluding hydrogens is 262 g/mol. The van der Waals surface area contributed by atoms with Crippen LogP contribution in [0.3, 0.4) is 0 Å². The molecule has 1 aromatic rings. The molecule has 0 spiro atoms. The van der Waals surface area contributed by atoms with Crippen molar-refractivity contribution in [2.45, 2.75) is 57.4 Å². The predicted molar refractivity (Wildman–Crippen MR) is 85.0 cm³/mol. The molecular formula is C18H27NO2. The SMILES string of the molecule is O=C(CCC1CCCCC1)N[C@@H](CO)Cc1ccccc1. The molecule has 1 fully saturated rings. The second kappa shape index (κ2) is 8.83. The van der Waals surface area contributed by atoms with Crippen LogP contribution in [0.25, 0.3) is 0 Å². The first-order chi connectivity index (χ1) is 10.3. The average molecular weight is 289 g/mol. The summed E-state index contributed by atoms with van der Waals surface area (Å²) in [6.07, 6.45) is 8.82. The minimum atomic E-state index is -0.175. The van der Waals surface area contributed by atoms with Crippen LogP contribution in [0.5, 0.6) is 0 Å². The van der Waals surface area contributed by atoms with E-state index in [9.17, 15) is 9.90 Å². The summed E-state index contributed by atoms with van der Waals surface area (Å²) in [5, 5.41) is 12.4. The smallest absolute Gasteiger partial charge is 0.220 e. The summed E-state index contributed by atoms with van der Waals surface area (Å²) in [5.41, 5.74) is 1.14. The molecule has 0 unspecified atom stereocenters. The lowest BCUT2D eigenvalue weighted by Gasteiger charge is -2.22. The van der Waals surface area contributed by atoms with Crippen LogP contribution in [-0.4, -0.2) is 23.7 Å². The molecule has 0 bridgehead atoms. The van der Waals surface area contributed by atoms with Gasteiger partial charge < -0.3 is 10.4 Å². The molecule has 21 heavy (non-hydrogen) atoms. The van der Waals surface area contributed by atoms with Crippen LogP contribution in [0.1, 0.15) is 50.5 Å². The second-order valence-corrected chi connectivity index (χ2v) is 6.18. The second-order valence-electron chi connectivity index (χ2n) is 6.18. The Morgan fingerprint density at radius 3 is 2.57 bits per heavy atom. The molecule has 0 saturated heterocycles. The van der Waals surface area contributed by atoms with Crippen molar-refractivity contribution in [1.82, 2.24) is 5.32 Å². The maximum Gasteiger partial charge on any atom is 0.220 e. The van der Waals surface area contributed by atoms with Gasteiger partial charge >= 0.3 is 0 Å². The highest BCUT2D eigenvalue weighted by molar-refractivity contribution is 5.76. The number of carbonyl (C=O) groups excluding carboxylic acids is 1. The fourth-order valence-corrected chi connectivity index (χ4v) is 3.17. The Hall–Kier alpha value is -1.35. The van der Waals surface area contributed by atoms with Crippen molar-refractivity contribution in [2.75, 3.05) is 6.61 Å². The van der Waals surface area contributed by atoms with Gasteiger partial charge in [-0.25, -0.2) is 0 Å². The van der Waals surface area contributed by atoms with Gasteiger partial charge in [0.15, 0.2) is 0 Å². The Kier molecular flexibility index (Phi) is 6.74. The zero-order valence-electron chi connectivity index (χ0n) is 12.8. The van der Waals surface area contributed by atoms with Crippen LogP contribution in [0.2, 0.25) is 0 Å². The third-order valence-electron chi connectivity index (χ3n) is 4.41. The van der Waals surface area contributed by atoms with Crippen LogP contribution in [0.4, 0.5) is 0 Å². The third-order valence-corrected chi connectivity index (χ3v) is 4.41. The molecule has 3 heteroatoms. The van der Waals surface area contributed by atoms with Gasteiger partial charge in [0.05, 0.1) is 12.6 Å². The lowest BCUT2D eigenvalue weighted by Crippen LogP contribution is -2.39. The molecule has 1 aromatic carbocycles. The normalized spacial score (nSPS) is 17.4. The number of carbonyl (C=O) groups is 1. The van der Waals surface area contributed by atoms with Crippen molar-refractivity contribution in [1.29, 1.82) is 0 Å². The molecule has 1 saturated carbocycles. The summed E-state index contributed by atoms with van der Waals surface area (Å²) < 4.78 is 0. The van der Waals surface area contributed by atoms with Crippen molar-refractivity contribution in [3.8, 4) is 0 Å². The molecule has 0 heterocycles. The largest absolute Gasteiger partial charge is 0.394 e. The molecule has 116 valence electrons. The summed E-state index contributed by atoms with van der Waals surface area (Å²) in [7, 11) is 0. The zero-order chi connectivity index (χ0) is 14.9. The van der Waals surface area contributed by atoms with E-state index in [2.05, 4.69) is 5.32 Å². The lowest BCUT2D eigenvalue weighted by atomic mass is 9.86. The van der Waals surface area contributed by atoms with Crippen LogP contribution < -0.4 is 5.32 Å². The van der Waals surface area contributed by atoms with Crippen molar-refractivity contribution in [3.63, 3.8) is 0 Å². The minimum Gasteiger partial charge on any atom is -0.394 e. The summed E-state index contributed by atoms with van der Waals surface area (Å²) >= 11 is 0. The lowest BCUT2D eigenvalue weighted by molar-refractivity contribution is -0.122. The van der Waals surface area contributed by atoms with E-state index >= 15 is 0 Å². The molecule has 1 atom stereocenters. The van der Waals surface area contributed by atoms with Gasteiger partial charge in [-0.1, -0.05) is 62.4 Å². The molecule has 1 aliphatic rings. The summed E-state index contributed by atoms with van der Waals surface area (Å²) in [5.74, 6) is 0.807. The monoisotopic (exact) mass is 289 g/mol. The molecule has 0 aromatic heterocycles. The third kappa shape index (κ3) is 5.88. The quantitative estimate of drug-likeness (QED) is 0.810. The number of hydrogen-bond acceptors (Lipinski definition) is 2. The first-order valence-electron chi connectivity index (χ1n) is 8.22. The van der Waals surface area contributed by atoms with Crippen LogP contribution in [0.15, 0.2) is 30.3 Å². The maximum atomic E-state index is 12.0.